The maximum Gasteiger partial charge on any atom is 0.338 e. The van der Waals surface area contributed by atoms with E-state index in [4.69, 9.17) is 4.74 Å². The quantitative estimate of drug-likeness (QED) is 0.437. The number of hydrogen-bond acceptors (Lipinski definition) is 7. The highest BCUT2D eigenvalue weighted by molar-refractivity contribution is 7.16. The third kappa shape index (κ3) is 4.68. The zero-order chi connectivity index (χ0) is 22.9. The summed E-state index contributed by atoms with van der Waals surface area (Å²) in [5, 5.41) is 8.06. The smallest absolute Gasteiger partial charge is 0.338 e. The highest BCUT2D eigenvalue weighted by Crippen LogP contribution is 2.41. The molecule has 1 amide bonds. The number of aromatic nitrogens is 3. The number of fused-ring (bicyclic) bond motifs is 1. The first-order valence-electron chi connectivity index (χ1n) is 10.5. The minimum absolute atomic E-state index is 0.118. The van der Waals surface area contributed by atoms with Crippen LogP contribution in [0.4, 0.5) is 5.69 Å². The fourth-order valence-electron chi connectivity index (χ4n) is 3.34. The van der Waals surface area contributed by atoms with E-state index in [2.05, 4.69) is 15.4 Å². The Bertz CT molecular complexity index is 1420. The van der Waals surface area contributed by atoms with Crippen molar-refractivity contribution in [3.8, 4) is 0 Å². The average Bonchev–Trinajstić information content (AvgIpc) is 3.57. The first-order chi connectivity index (χ1) is 16.0. The molecule has 166 valence electrons. The molecular weight excluding hydrogens is 440 g/mol. The lowest BCUT2D eigenvalue weighted by atomic mass is 10.1. The van der Waals surface area contributed by atoms with Gasteiger partial charge in [0.2, 0.25) is 4.96 Å². The molecule has 2 heterocycles. The summed E-state index contributed by atoms with van der Waals surface area (Å²) in [6.07, 6.45) is 2.18. The summed E-state index contributed by atoms with van der Waals surface area (Å²) in [5.41, 5.74) is 2.54. The second-order valence-corrected chi connectivity index (χ2v) is 8.96. The van der Waals surface area contributed by atoms with Crippen molar-refractivity contribution in [2.45, 2.75) is 32.3 Å². The summed E-state index contributed by atoms with van der Waals surface area (Å²) < 4.78 is 6.63. The van der Waals surface area contributed by atoms with Gasteiger partial charge in [-0.05, 0) is 56.2 Å². The number of aryl methyl sites for hydroxylation is 1. The number of hydrogen-bond donors (Lipinski definition) is 1. The third-order valence-corrected chi connectivity index (χ3v) is 6.32. The predicted molar refractivity (Wildman–Crippen MR) is 124 cm³/mol. The van der Waals surface area contributed by atoms with Gasteiger partial charge in [0, 0.05) is 23.2 Å². The molecule has 9 heteroatoms. The number of rotatable bonds is 6. The molecule has 0 bridgehead atoms. The van der Waals surface area contributed by atoms with Crippen LogP contribution in [0.15, 0.2) is 59.4 Å². The lowest BCUT2D eigenvalue weighted by molar-refractivity contribution is 0.0467. The summed E-state index contributed by atoms with van der Waals surface area (Å²) in [4.78, 5) is 42.0. The van der Waals surface area contributed by atoms with Gasteiger partial charge in [-0.15, -0.1) is 0 Å². The van der Waals surface area contributed by atoms with Crippen molar-refractivity contribution in [3.63, 3.8) is 0 Å². The average molecular weight is 461 g/mol. The summed E-state index contributed by atoms with van der Waals surface area (Å²) in [6.45, 7) is 1.80. The number of benzene rings is 2. The van der Waals surface area contributed by atoms with Crippen molar-refractivity contribution in [1.29, 1.82) is 0 Å². The fraction of sp³-hybridized carbons (Fsp3) is 0.208. The van der Waals surface area contributed by atoms with Crippen molar-refractivity contribution >= 4 is 33.9 Å². The van der Waals surface area contributed by atoms with Gasteiger partial charge >= 0.3 is 5.97 Å². The molecule has 5 rings (SSSR count). The Balaban J connectivity index is 1.22. The molecule has 4 aromatic rings. The van der Waals surface area contributed by atoms with E-state index in [-0.39, 0.29) is 18.1 Å². The normalized spacial score (nSPS) is 13.1. The maximum atomic E-state index is 12.4. The molecule has 0 spiro atoms. The van der Waals surface area contributed by atoms with E-state index < -0.39 is 5.97 Å². The van der Waals surface area contributed by atoms with Crippen LogP contribution in [-0.2, 0) is 11.3 Å². The Morgan fingerprint density at radius 2 is 1.91 bits per heavy atom. The van der Waals surface area contributed by atoms with Gasteiger partial charge in [0.05, 0.1) is 11.3 Å². The molecule has 0 radical (unpaired) electrons. The van der Waals surface area contributed by atoms with Gasteiger partial charge in [-0.25, -0.2) is 9.78 Å². The molecule has 0 aliphatic heterocycles. The molecule has 2 aromatic carbocycles. The number of anilines is 1. The minimum atomic E-state index is -0.545. The van der Waals surface area contributed by atoms with Crippen molar-refractivity contribution in [2.24, 2.45) is 0 Å². The second kappa shape index (κ2) is 8.59. The summed E-state index contributed by atoms with van der Waals surface area (Å²) in [6, 6.07) is 15.0. The molecule has 33 heavy (non-hydrogen) atoms. The molecule has 1 N–H and O–H groups in total. The Morgan fingerprint density at radius 3 is 2.64 bits per heavy atom. The molecule has 1 fully saturated rings. The number of amides is 1. The van der Waals surface area contributed by atoms with Crippen LogP contribution < -0.4 is 10.9 Å². The number of ether oxygens (including phenoxy) is 1. The standard InChI is InChI=1S/C24H20N4O4S/c1-14-3-2-4-17(11-14)21(30)25-18-9-7-16(8-10-18)23(31)32-13-19-12-20(29)28-24(26-19)33-22(27-28)15-5-6-15/h2-4,7-12,15H,5-6,13H2,1H3,(H,25,30). The molecule has 2 aromatic heterocycles. The van der Waals surface area contributed by atoms with E-state index in [1.165, 1.54) is 21.9 Å². The Morgan fingerprint density at radius 1 is 1.12 bits per heavy atom. The number of esters is 1. The minimum Gasteiger partial charge on any atom is -0.456 e. The molecule has 0 unspecified atom stereocenters. The zero-order valence-corrected chi connectivity index (χ0v) is 18.6. The second-order valence-electron chi connectivity index (χ2n) is 7.97. The molecule has 0 saturated heterocycles. The van der Waals surface area contributed by atoms with Crippen LogP contribution in [0.5, 0.6) is 0 Å². The van der Waals surface area contributed by atoms with Crippen LogP contribution in [-0.4, -0.2) is 26.5 Å². The van der Waals surface area contributed by atoms with E-state index in [0.29, 0.717) is 33.4 Å². The Hall–Kier alpha value is -3.85. The van der Waals surface area contributed by atoms with Crippen LogP contribution in [0.2, 0.25) is 0 Å². The van der Waals surface area contributed by atoms with Crippen LogP contribution in [0, 0.1) is 6.92 Å². The van der Waals surface area contributed by atoms with Crippen LogP contribution >= 0.6 is 11.3 Å². The molecule has 1 aliphatic rings. The van der Waals surface area contributed by atoms with Gasteiger partial charge in [0.15, 0.2) is 0 Å². The van der Waals surface area contributed by atoms with Crippen LogP contribution in [0.3, 0.4) is 0 Å². The lowest BCUT2D eigenvalue weighted by Gasteiger charge is -2.08. The molecule has 1 aliphatic carbocycles. The van der Waals surface area contributed by atoms with Gasteiger partial charge in [-0.3, -0.25) is 9.59 Å². The maximum absolute atomic E-state index is 12.4. The van der Waals surface area contributed by atoms with Gasteiger partial charge in [-0.1, -0.05) is 29.0 Å². The SMILES string of the molecule is Cc1cccc(C(=O)Nc2ccc(C(=O)OCc3cc(=O)n4nc(C5CC5)sc4n3)cc2)c1. The predicted octanol–water partition coefficient (Wildman–Crippen LogP) is 3.95. The number of nitrogens with one attached hydrogen (secondary N) is 1. The first kappa shape index (κ1) is 21.0. The molecule has 8 nitrogen and oxygen atoms in total. The molecule has 1 saturated carbocycles. The van der Waals surface area contributed by atoms with Gasteiger partial charge in [-0.2, -0.15) is 9.61 Å². The highest BCUT2D eigenvalue weighted by atomic mass is 32.1. The lowest BCUT2D eigenvalue weighted by Crippen LogP contribution is -2.16. The first-order valence-corrected chi connectivity index (χ1v) is 11.3. The van der Waals surface area contributed by atoms with Crippen molar-refractivity contribution in [1.82, 2.24) is 14.6 Å². The largest absolute Gasteiger partial charge is 0.456 e. The van der Waals surface area contributed by atoms with E-state index in [0.717, 1.165) is 23.4 Å². The number of carbonyl (C=O) groups excluding carboxylic acids is 2. The molecular formula is C24H20N4O4S. The highest BCUT2D eigenvalue weighted by Gasteiger charge is 2.28. The van der Waals surface area contributed by atoms with Gasteiger partial charge in [0.25, 0.3) is 11.5 Å². The molecule has 0 atom stereocenters. The number of nitrogens with zero attached hydrogens (tertiary/aromatic N) is 3. The van der Waals surface area contributed by atoms with Crippen molar-refractivity contribution in [2.75, 3.05) is 5.32 Å². The summed E-state index contributed by atoms with van der Waals surface area (Å²) >= 11 is 1.40. The van der Waals surface area contributed by atoms with E-state index in [9.17, 15) is 14.4 Å². The van der Waals surface area contributed by atoms with Gasteiger partial charge in [0.1, 0.15) is 11.6 Å². The van der Waals surface area contributed by atoms with E-state index in [1.54, 1.807) is 36.4 Å². The zero-order valence-electron chi connectivity index (χ0n) is 17.8. The topological polar surface area (TPSA) is 103 Å². The van der Waals surface area contributed by atoms with Crippen molar-refractivity contribution < 1.29 is 14.3 Å². The van der Waals surface area contributed by atoms with Crippen molar-refractivity contribution in [3.05, 3.63) is 92.3 Å². The summed E-state index contributed by atoms with van der Waals surface area (Å²) in [5.74, 6) is -0.340. The van der Waals surface area contributed by atoms with E-state index >= 15 is 0 Å². The van der Waals surface area contributed by atoms with Crippen LogP contribution in [0.1, 0.15) is 55.7 Å². The van der Waals surface area contributed by atoms with Crippen LogP contribution in [0.25, 0.3) is 4.96 Å². The fourth-order valence-corrected chi connectivity index (χ4v) is 4.43. The van der Waals surface area contributed by atoms with Gasteiger partial charge < -0.3 is 10.1 Å². The monoisotopic (exact) mass is 460 g/mol. The number of carbonyl (C=O) groups is 2. The summed E-state index contributed by atoms with van der Waals surface area (Å²) in [7, 11) is 0. The Labute approximate surface area is 192 Å². The third-order valence-electron chi connectivity index (χ3n) is 5.25. The van der Waals surface area contributed by atoms with E-state index in [1.807, 2.05) is 19.1 Å². The Kier molecular flexibility index (Phi) is 5.47.